The lowest BCUT2D eigenvalue weighted by atomic mass is 9.89. The summed E-state index contributed by atoms with van der Waals surface area (Å²) in [4.78, 5) is 22.2. The number of aromatic nitrogens is 2. The highest BCUT2D eigenvalue weighted by molar-refractivity contribution is 7.16. The van der Waals surface area contributed by atoms with Crippen LogP contribution in [0.4, 0.5) is 22.3 Å². The zero-order valence-corrected chi connectivity index (χ0v) is 15.8. The molecule has 2 unspecified atom stereocenters. The lowest BCUT2D eigenvalue weighted by Gasteiger charge is -2.25. The molecule has 3 N–H and O–H groups in total. The highest BCUT2D eigenvalue weighted by atomic mass is 32.1. The lowest BCUT2D eigenvalue weighted by Crippen LogP contribution is -2.37. The van der Waals surface area contributed by atoms with Gasteiger partial charge in [0.2, 0.25) is 5.91 Å². The van der Waals surface area contributed by atoms with Crippen LogP contribution in [0.1, 0.15) is 42.1 Å². The number of thiophene rings is 1. The number of nitrogens with one attached hydrogen (secondary N) is 3. The van der Waals surface area contributed by atoms with Gasteiger partial charge in [-0.2, -0.15) is 5.26 Å². The Bertz CT molecular complexity index is 944. The molecule has 26 heavy (non-hydrogen) atoms. The highest BCUT2D eigenvalue weighted by Crippen LogP contribution is 2.42. The number of hydrogen-bond donors (Lipinski definition) is 3. The average molecular weight is 368 g/mol. The minimum Gasteiger partial charge on any atom is -0.357 e. The maximum atomic E-state index is 12.1. The topological polar surface area (TPSA) is 103 Å². The number of nitrogens with zero attached hydrogens (tertiary/aromatic N) is 3. The third-order valence-electron chi connectivity index (χ3n) is 4.87. The number of anilines is 4. The van der Waals surface area contributed by atoms with Gasteiger partial charge >= 0.3 is 0 Å². The van der Waals surface area contributed by atoms with Crippen LogP contribution in [0.25, 0.3) is 0 Å². The molecule has 2 atom stereocenters. The Kier molecular flexibility index (Phi) is 4.04. The van der Waals surface area contributed by atoms with Crippen molar-refractivity contribution < 1.29 is 4.79 Å². The molecule has 134 valence electrons. The molecule has 7 nitrogen and oxygen atoms in total. The summed E-state index contributed by atoms with van der Waals surface area (Å²) in [5.41, 5.74) is 2.39. The van der Waals surface area contributed by atoms with Gasteiger partial charge in [-0.05, 0) is 44.6 Å². The van der Waals surface area contributed by atoms with Gasteiger partial charge in [0.15, 0.2) is 11.6 Å². The Balaban J connectivity index is 1.75. The smallest absolute Gasteiger partial charge is 0.246 e. The number of carbonyl (C=O) groups excluding carboxylic acids is 1. The first-order chi connectivity index (χ1) is 12.5. The van der Waals surface area contributed by atoms with Crippen molar-refractivity contribution in [2.75, 3.05) is 16.0 Å². The molecule has 1 aliphatic carbocycles. The number of fused-ring (bicyclic) bond motifs is 2. The maximum absolute atomic E-state index is 12.1. The normalized spacial score (nSPS) is 21.1. The van der Waals surface area contributed by atoms with Gasteiger partial charge in [-0.15, -0.1) is 11.3 Å². The Morgan fingerprint density at radius 3 is 2.92 bits per heavy atom. The van der Waals surface area contributed by atoms with Crippen molar-refractivity contribution in [3.63, 3.8) is 0 Å². The van der Waals surface area contributed by atoms with Gasteiger partial charge in [-0.1, -0.05) is 6.92 Å². The molecule has 1 amide bonds. The van der Waals surface area contributed by atoms with E-state index in [0.29, 0.717) is 34.6 Å². The third kappa shape index (κ3) is 2.78. The number of carbonyl (C=O) groups is 1. The van der Waals surface area contributed by atoms with Crippen LogP contribution in [0, 0.1) is 24.2 Å². The molecule has 0 spiro atoms. The SMILES string of the molecule is Cc1nc(Nc2sc3c(c2C#N)CCC(C)C3)c2c(n1)NC(C)C(=O)N2. The average Bonchev–Trinajstić information content (AvgIpc) is 2.92. The Labute approximate surface area is 155 Å². The second kappa shape index (κ2) is 6.25. The molecular formula is C18H20N6OS. The van der Waals surface area contributed by atoms with E-state index in [2.05, 4.69) is 38.9 Å². The molecule has 1 aliphatic heterocycles. The van der Waals surface area contributed by atoms with Crippen molar-refractivity contribution >= 4 is 39.6 Å². The molecule has 3 heterocycles. The standard InChI is InChI=1S/C18H20N6OS/c1-8-4-5-11-12(7-19)18(26-13(11)6-8)24-16-14-15(21-10(3)22-16)20-9(2)17(25)23-14/h8-9H,4-6H2,1-3H3,(H,23,25)(H2,20,21,22,24). The summed E-state index contributed by atoms with van der Waals surface area (Å²) in [7, 11) is 0. The predicted molar refractivity (Wildman–Crippen MR) is 102 cm³/mol. The first kappa shape index (κ1) is 16.8. The maximum Gasteiger partial charge on any atom is 0.246 e. The zero-order valence-electron chi connectivity index (χ0n) is 14.9. The van der Waals surface area contributed by atoms with E-state index < -0.39 is 0 Å². The highest BCUT2D eigenvalue weighted by Gasteiger charge is 2.28. The summed E-state index contributed by atoms with van der Waals surface area (Å²) >= 11 is 1.62. The molecule has 2 aromatic rings. The first-order valence-corrected chi connectivity index (χ1v) is 9.55. The van der Waals surface area contributed by atoms with E-state index in [1.807, 2.05) is 0 Å². The second-order valence-corrected chi connectivity index (χ2v) is 8.10. The summed E-state index contributed by atoms with van der Waals surface area (Å²) in [5.74, 6) is 2.21. The Hall–Kier alpha value is -2.66. The van der Waals surface area contributed by atoms with Gasteiger partial charge in [0.25, 0.3) is 0 Å². The van der Waals surface area contributed by atoms with E-state index in [0.717, 1.165) is 29.8 Å². The Morgan fingerprint density at radius 2 is 2.15 bits per heavy atom. The van der Waals surface area contributed by atoms with Crippen molar-refractivity contribution in [1.29, 1.82) is 5.26 Å². The molecule has 2 aromatic heterocycles. The fourth-order valence-electron chi connectivity index (χ4n) is 3.45. The molecule has 8 heteroatoms. The summed E-state index contributed by atoms with van der Waals surface area (Å²) in [6, 6.07) is 2.00. The van der Waals surface area contributed by atoms with Gasteiger partial charge in [0.05, 0.1) is 5.56 Å². The van der Waals surface area contributed by atoms with E-state index in [4.69, 9.17) is 0 Å². The van der Waals surface area contributed by atoms with Crippen LogP contribution in [0.2, 0.25) is 0 Å². The molecule has 0 bridgehead atoms. The van der Waals surface area contributed by atoms with Gasteiger partial charge < -0.3 is 16.0 Å². The predicted octanol–water partition coefficient (Wildman–Crippen LogP) is 3.34. The minimum atomic E-state index is -0.352. The number of rotatable bonds is 2. The Morgan fingerprint density at radius 1 is 1.35 bits per heavy atom. The molecule has 0 saturated carbocycles. The lowest BCUT2D eigenvalue weighted by molar-refractivity contribution is -0.116. The number of nitriles is 1. The summed E-state index contributed by atoms with van der Waals surface area (Å²) in [6.45, 7) is 5.83. The summed E-state index contributed by atoms with van der Waals surface area (Å²) in [6.07, 6.45) is 3.05. The third-order valence-corrected chi connectivity index (χ3v) is 6.04. The van der Waals surface area contributed by atoms with Crippen LogP contribution >= 0.6 is 11.3 Å². The van der Waals surface area contributed by atoms with Crippen LogP contribution in [0.3, 0.4) is 0 Å². The van der Waals surface area contributed by atoms with E-state index in [1.165, 1.54) is 4.88 Å². The number of hydrogen-bond acceptors (Lipinski definition) is 7. The van der Waals surface area contributed by atoms with E-state index in [1.54, 1.807) is 25.2 Å². The molecule has 0 fully saturated rings. The zero-order chi connectivity index (χ0) is 18.4. The van der Waals surface area contributed by atoms with E-state index in [-0.39, 0.29) is 11.9 Å². The largest absolute Gasteiger partial charge is 0.357 e. The van der Waals surface area contributed by atoms with Gasteiger partial charge in [-0.25, -0.2) is 9.97 Å². The van der Waals surface area contributed by atoms with E-state index >= 15 is 0 Å². The molecule has 4 rings (SSSR count). The summed E-state index contributed by atoms with van der Waals surface area (Å²) < 4.78 is 0. The molecule has 2 aliphatic rings. The molecular weight excluding hydrogens is 348 g/mol. The van der Waals surface area contributed by atoms with Crippen LogP contribution in [0.5, 0.6) is 0 Å². The molecule has 0 saturated heterocycles. The van der Waals surface area contributed by atoms with Crippen molar-refractivity contribution in [1.82, 2.24) is 9.97 Å². The minimum absolute atomic E-state index is 0.132. The van der Waals surface area contributed by atoms with Crippen molar-refractivity contribution in [2.45, 2.75) is 46.1 Å². The van der Waals surface area contributed by atoms with E-state index in [9.17, 15) is 10.1 Å². The quantitative estimate of drug-likeness (QED) is 0.751. The van der Waals surface area contributed by atoms with Gasteiger partial charge in [0.1, 0.15) is 28.6 Å². The van der Waals surface area contributed by atoms with Crippen LogP contribution in [0.15, 0.2) is 0 Å². The second-order valence-electron chi connectivity index (χ2n) is 6.99. The molecule has 0 aromatic carbocycles. The fourth-order valence-corrected chi connectivity index (χ4v) is 4.81. The molecule has 0 radical (unpaired) electrons. The van der Waals surface area contributed by atoms with Crippen LogP contribution in [-0.2, 0) is 17.6 Å². The number of amides is 1. The van der Waals surface area contributed by atoms with Crippen LogP contribution in [-0.4, -0.2) is 21.9 Å². The van der Waals surface area contributed by atoms with Crippen molar-refractivity contribution in [3.05, 3.63) is 21.8 Å². The monoisotopic (exact) mass is 368 g/mol. The fraction of sp³-hybridized carbons (Fsp3) is 0.444. The van der Waals surface area contributed by atoms with Gasteiger partial charge in [-0.3, -0.25) is 4.79 Å². The summed E-state index contributed by atoms with van der Waals surface area (Å²) in [5, 5.41) is 19.7. The van der Waals surface area contributed by atoms with Crippen molar-refractivity contribution in [3.8, 4) is 6.07 Å². The number of aryl methyl sites for hydroxylation is 1. The van der Waals surface area contributed by atoms with Crippen molar-refractivity contribution in [2.24, 2.45) is 5.92 Å². The van der Waals surface area contributed by atoms with Gasteiger partial charge in [0, 0.05) is 4.88 Å². The van der Waals surface area contributed by atoms with Crippen LogP contribution < -0.4 is 16.0 Å². The first-order valence-electron chi connectivity index (χ1n) is 8.74.